The van der Waals surface area contributed by atoms with Gasteiger partial charge in [0.15, 0.2) is 5.78 Å². The van der Waals surface area contributed by atoms with Crippen molar-refractivity contribution in [2.45, 2.75) is 38.4 Å². The van der Waals surface area contributed by atoms with Crippen molar-refractivity contribution in [3.05, 3.63) is 36.0 Å². The van der Waals surface area contributed by atoms with Crippen molar-refractivity contribution in [3.8, 4) is 0 Å². The number of ketones is 1. The lowest BCUT2D eigenvalue weighted by atomic mass is 9.84. The third-order valence-corrected chi connectivity index (χ3v) is 3.74. The fourth-order valence-electron chi connectivity index (χ4n) is 2.56. The second-order valence-corrected chi connectivity index (χ2v) is 5.23. The van der Waals surface area contributed by atoms with Crippen molar-refractivity contribution in [3.63, 3.8) is 0 Å². The molecule has 0 aromatic rings. The number of hydrogen-bond donors (Lipinski definition) is 1. The van der Waals surface area contributed by atoms with E-state index in [-0.39, 0.29) is 17.8 Å². The third-order valence-electron chi connectivity index (χ3n) is 3.74. The summed E-state index contributed by atoms with van der Waals surface area (Å²) in [6, 6.07) is 0. The molecule has 1 N–H and O–H groups in total. The van der Waals surface area contributed by atoms with Crippen LogP contribution in [0, 0.1) is 5.92 Å². The van der Waals surface area contributed by atoms with Gasteiger partial charge in [-0.3, -0.25) is 4.79 Å². The number of allylic oxidation sites excluding steroid dienone is 1. The monoisotopic (exact) mass is 262 g/mol. The molecule has 1 fully saturated rings. The number of hydrogen-bond acceptors (Lipinski definition) is 4. The SMILES string of the molecule is C=C1C[C@@H]2OC(=O)C(=C)[C@H]2[C@H](O)C=C(C)CCC1=O. The zero-order valence-electron chi connectivity index (χ0n) is 11.0. The van der Waals surface area contributed by atoms with Gasteiger partial charge in [-0.1, -0.05) is 24.8 Å². The topological polar surface area (TPSA) is 63.6 Å². The number of ether oxygens (including phenoxy) is 1. The van der Waals surface area contributed by atoms with E-state index in [1.54, 1.807) is 6.08 Å². The minimum Gasteiger partial charge on any atom is -0.458 e. The molecular formula is C15H18O4. The van der Waals surface area contributed by atoms with Gasteiger partial charge in [-0.2, -0.15) is 0 Å². The van der Waals surface area contributed by atoms with Crippen LogP contribution in [0.25, 0.3) is 0 Å². The molecule has 3 atom stereocenters. The van der Waals surface area contributed by atoms with Crippen LogP contribution in [0.1, 0.15) is 26.2 Å². The Morgan fingerprint density at radius 1 is 1.32 bits per heavy atom. The van der Waals surface area contributed by atoms with Crippen LogP contribution in [0.2, 0.25) is 0 Å². The molecule has 1 heterocycles. The number of esters is 1. The summed E-state index contributed by atoms with van der Waals surface area (Å²) in [6.07, 6.45) is 1.55. The molecule has 2 rings (SSSR count). The maximum absolute atomic E-state index is 11.9. The number of fused-ring (bicyclic) bond motifs is 1. The van der Waals surface area contributed by atoms with Gasteiger partial charge in [0.2, 0.25) is 0 Å². The molecule has 4 heteroatoms. The summed E-state index contributed by atoms with van der Waals surface area (Å²) in [5, 5.41) is 10.2. The van der Waals surface area contributed by atoms with Gasteiger partial charge in [0.1, 0.15) is 6.10 Å². The zero-order valence-corrected chi connectivity index (χ0v) is 11.0. The van der Waals surface area contributed by atoms with E-state index in [1.165, 1.54) is 0 Å². The lowest BCUT2D eigenvalue weighted by molar-refractivity contribution is -0.139. The normalized spacial score (nSPS) is 32.7. The molecule has 19 heavy (non-hydrogen) atoms. The lowest BCUT2D eigenvalue weighted by Crippen LogP contribution is -2.29. The summed E-state index contributed by atoms with van der Waals surface area (Å²) in [6.45, 7) is 9.30. The average molecular weight is 262 g/mol. The fraction of sp³-hybridized carbons (Fsp3) is 0.467. The molecule has 1 aliphatic carbocycles. The van der Waals surface area contributed by atoms with Crippen molar-refractivity contribution in [2.24, 2.45) is 5.92 Å². The van der Waals surface area contributed by atoms with Crippen molar-refractivity contribution in [1.82, 2.24) is 0 Å². The number of aliphatic hydroxyl groups excluding tert-OH is 1. The second-order valence-electron chi connectivity index (χ2n) is 5.23. The molecule has 0 bridgehead atoms. The average Bonchev–Trinajstić information content (AvgIpc) is 2.60. The van der Waals surface area contributed by atoms with Gasteiger partial charge in [-0.05, 0) is 18.9 Å². The predicted octanol–water partition coefficient (Wildman–Crippen LogP) is 1.70. The van der Waals surface area contributed by atoms with Gasteiger partial charge in [-0.15, -0.1) is 0 Å². The number of carbonyl (C=O) groups excluding carboxylic acids is 2. The Bertz CT molecular complexity index is 486. The zero-order chi connectivity index (χ0) is 14.2. The predicted molar refractivity (Wildman–Crippen MR) is 70.3 cm³/mol. The largest absolute Gasteiger partial charge is 0.458 e. The molecule has 0 spiro atoms. The first-order valence-electron chi connectivity index (χ1n) is 6.36. The van der Waals surface area contributed by atoms with Crippen LogP contribution in [0.3, 0.4) is 0 Å². The van der Waals surface area contributed by atoms with Gasteiger partial charge >= 0.3 is 5.97 Å². The van der Waals surface area contributed by atoms with Crippen LogP contribution < -0.4 is 0 Å². The first-order chi connectivity index (χ1) is 8.90. The molecule has 0 amide bonds. The van der Waals surface area contributed by atoms with E-state index in [4.69, 9.17) is 4.74 Å². The number of Topliss-reactive ketones (excluding diaryl/α,β-unsaturated/α-hetero) is 1. The first-order valence-corrected chi connectivity index (χ1v) is 6.36. The van der Waals surface area contributed by atoms with Crippen molar-refractivity contribution in [2.75, 3.05) is 0 Å². The van der Waals surface area contributed by atoms with Gasteiger partial charge in [0, 0.05) is 18.4 Å². The quantitative estimate of drug-likeness (QED) is 0.410. The number of aliphatic hydroxyl groups is 1. The van der Waals surface area contributed by atoms with Crippen molar-refractivity contribution < 1.29 is 19.4 Å². The Morgan fingerprint density at radius 2 is 2.00 bits per heavy atom. The Morgan fingerprint density at radius 3 is 2.68 bits per heavy atom. The molecular weight excluding hydrogens is 244 g/mol. The summed E-state index contributed by atoms with van der Waals surface area (Å²) in [7, 11) is 0. The molecule has 0 unspecified atom stereocenters. The summed E-state index contributed by atoms with van der Waals surface area (Å²) in [5.74, 6) is -1.01. The van der Waals surface area contributed by atoms with Crippen LogP contribution in [0.5, 0.6) is 0 Å². The van der Waals surface area contributed by atoms with Crippen LogP contribution in [0.15, 0.2) is 36.0 Å². The molecule has 1 aliphatic heterocycles. The maximum Gasteiger partial charge on any atom is 0.334 e. The van der Waals surface area contributed by atoms with Crippen molar-refractivity contribution >= 4 is 11.8 Å². The van der Waals surface area contributed by atoms with Gasteiger partial charge in [0.05, 0.1) is 12.0 Å². The Labute approximate surface area is 112 Å². The highest BCUT2D eigenvalue weighted by Gasteiger charge is 2.43. The van der Waals surface area contributed by atoms with E-state index >= 15 is 0 Å². The molecule has 1 saturated heterocycles. The van der Waals surface area contributed by atoms with E-state index in [1.807, 2.05) is 6.92 Å². The van der Waals surface area contributed by atoms with Gasteiger partial charge in [-0.25, -0.2) is 4.79 Å². The first kappa shape index (κ1) is 13.7. The lowest BCUT2D eigenvalue weighted by Gasteiger charge is -2.23. The molecule has 0 radical (unpaired) electrons. The van der Waals surface area contributed by atoms with Crippen molar-refractivity contribution in [1.29, 1.82) is 0 Å². The van der Waals surface area contributed by atoms with Crippen LogP contribution in [-0.4, -0.2) is 29.1 Å². The molecule has 4 nitrogen and oxygen atoms in total. The number of rotatable bonds is 0. The Hall–Kier alpha value is -1.68. The number of carbonyl (C=O) groups is 2. The maximum atomic E-state index is 11.9. The Kier molecular flexibility index (Phi) is 3.71. The van der Waals surface area contributed by atoms with Crippen LogP contribution in [-0.2, 0) is 14.3 Å². The highest BCUT2D eigenvalue weighted by Crippen LogP contribution is 2.35. The summed E-state index contributed by atoms with van der Waals surface area (Å²) in [5.41, 5.74) is 1.63. The highest BCUT2D eigenvalue weighted by molar-refractivity contribution is 5.95. The van der Waals surface area contributed by atoms with E-state index in [9.17, 15) is 14.7 Å². The summed E-state index contributed by atoms with van der Waals surface area (Å²) >= 11 is 0. The standard InChI is InChI=1S/C15H18O4/c1-8-4-5-11(16)9(2)7-13-14(12(17)6-8)10(3)15(18)19-13/h6,12-14,17H,2-5,7H2,1H3/t12-,13+,14+/m1/s1. The van der Waals surface area contributed by atoms with E-state index < -0.39 is 24.1 Å². The minimum absolute atomic E-state index is 0.0172. The minimum atomic E-state index is -0.815. The van der Waals surface area contributed by atoms with E-state index in [2.05, 4.69) is 13.2 Å². The van der Waals surface area contributed by atoms with Gasteiger partial charge in [0.25, 0.3) is 0 Å². The molecule has 2 aliphatic rings. The van der Waals surface area contributed by atoms with E-state index in [0.717, 1.165) is 5.57 Å². The van der Waals surface area contributed by atoms with Crippen LogP contribution >= 0.6 is 0 Å². The molecule has 0 saturated carbocycles. The molecule has 0 aromatic carbocycles. The summed E-state index contributed by atoms with van der Waals surface area (Å²) in [4.78, 5) is 23.4. The van der Waals surface area contributed by atoms with Gasteiger partial charge < -0.3 is 9.84 Å². The van der Waals surface area contributed by atoms with Crippen LogP contribution in [0.4, 0.5) is 0 Å². The smallest absolute Gasteiger partial charge is 0.334 e. The molecule has 0 aromatic heterocycles. The third kappa shape index (κ3) is 2.68. The molecule has 102 valence electrons. The fourth-order valence-corrected chi connectivity index (χ4v) is 2.56. The van der Waals surface area contributed by atoms with E-state index in [0.29, 0.717) is 18.4 Å². The second kappa shape index (κ2) is 5.13. The summed E-state index contributed by atoms with van der Waals surface area (Å²) < 4.78 is 5.19. The highest BCUT2D eigenvalue weighted by atomic mass is 16.6. The Balaban J connectivity index is 2.35.